The standard InChI is InChI=1S/C58H42N4O2/c1-33-19-34(2)22-45(21-33)61(51-13-9-7-11-37(51)5)43-17-15-39-27-47-53(29-41(39)25-43)63-57-50(32-60)58-56(49(31-59)55(47)57)48-28-40-16-18-44(26-42(40)30-54(48)64-58)62(52-14-10-8-12-38(52)6)46-23-35(3)20-36(4)24-46/h7-30H,1-6H3. The van der Waals surface area contributed by atoms with Crippen molar-refractivity contribution < 1.29 is 8.83 Å². The first-order chi connectivity index (χ1) is 31.1. The normalized spacial score (nSPS) is 11.6. The van der Waals surface area contributed by atoms with Gasteiger partial charge in [-0.1, -0.05) is 60.7 Å². The molecule has 0 saturated heterocycles. The molecule has 2 heterocycles. The summed E-state index contributed by atoms with van der Waals surface area (Å²) in [6, 6.07) is 56.1. The maximum absolute atomic E-state index is 11.0. The summed E-state index contributed by atoms with van der Waals surface area (Å²) in [5.74, 6) is 0. The number of fused-ring (bicyclic) bond motifs is 8. The van der Waals surface area contributed by atoms with Gasteiger partial charge in [-0.05, 0) is 181 Å². The van der Waals surface area contributed by atoms with Gasteiger partial charge in [-0.25, -0.2) is 0 Å². The maximum Gasteiger partial charge on any atom is 0.158 e. The molecule has 6 heteroatoms. The van der Waals surface area contributed by atoms with Gasteiger partial charge >= 0.3 is 0 Å². The van der Waals surface area contributed by atoms with Gasteiger partial charge in [0, 0.05) is 55.7 Å². The van der Waals surface area contributed by atoms with Crippen LogP contribution in [0.3, 0.4) is 0 Å². The fraction of sp³-hybridized carbons (Fsp3) is 0.103. The van der Waals surface area contributed by atoms with Crippen molar-refractivity contribution in [1.82, 2.24) is 0 Å². The monoisotopic (exact) mass is 826 g/mol. The van der Waals surface area contributed by atoms with E-state index in [2.05, 4.69) is 197 Å². The highest BCUT2D eigenvalue weighted by Gasteiger charge is 2.26. The van der Waals surface area contributed by atoms with Crippen LogP contribution >= 0.6 is 0 Å². The van der Waals surface area contributed by atoms with E-state index in [0.717, 1.165) is 77.6 Å². The van der Waals surface area contributed by atoms with Gasteiger partial charge in [0.25, 0.3) is 0 Å². The molecule has 0 atom stereocenters. The van der Waals surface area contributed by atoms with Gasteiger partial charge in [0.2, 0.25) is 0 Å². The summed E-state index contributed by atoms with van der Waals surface area (Å²) >= 11 is 0. The molecule has 0 amide bonds. The molecular formula is C58H42N4O2. The zero-order valence-electron chi connectivity index (χ0n) is 36.5. The molecule has 0 spiro atoms. The summed E-state index contributed by atoms with van der Waals surface area (Å²) in [7, 11) is 0. The Morgan fingerprint density at radius 1 is 0.391 bits per heavy atom. The van der Waals surface area contributed by atoms with Crippen LogP contribution in [0.1, 0.15) is 44.5 Å². The lowest BCUT2D eigenvalue weighted by Crippen LogP contribution is -2.11. The molecule has 2 aromatic heterocycles. The van der Waals surface area contributed by atoms with Crippen LogP contribution < -0.4 is 9.80 Å². The Labute approximate surface area is 371 Å². The average molecular weight is 827 g/mol. The van der Waals surface area contributed by atoms with Gasteiger partial charge in [-0.15, -0.1) is 0 Å². The topological polar surface area (TPSA) is 80.3 Å². The van der Waals surface area contributed by atoms with Crippen molar-refractivity contribution in [2.75, 3.05) is 9.80 Å². The zero-order valence-corrected chi connectivity index (χ0v) is 36.5. The quantitative estimate of drug-likeness (QED) is 0.166. The van der Waals surface area contributed by atoms with Crippen LogP contribution in [-0.4, -0.2) is 0 Å². The highest BCUT2D eigenvalue weighted by molar-refractivity contribution is 6.24. The fourth-order valence-electron chi connectivity index (χ4n) is 9.87. The molecule has 64 heavy (non-hydrogen) atoms. The van der Waals surface area contributed by atoms with E-state index in [0.29, 0.717) is 38.7 Å². The summed E-state index contributed by atoms with van der Waals surface area (Å²) in [5.41, 5.74) is 16.0. The molecule has 0 fully saturated rings. The van der Waals surface area contributed by atoms with Gasteiger partial charge in [0.05, 0.1) is 5.56 Å². The van der Waals surface area contributed by atoms with Crippen LogP contribution in [-0.2, 0) is 0 Å². The highest BCUT2D eigenvalue weighted by Crippen LogP contribution is 2.46. The Kier molecular flexibility index (Phi) is 8.84. The smallest absolute Gasteiger partial charge is 0.158 e. The second-order valence-corrected chi connectivity index (χ2v) is 17.3. The Morgan fingerprint density at radius 2 is 0.797 bits per heavy atom. The van der Waals surface area contributed by atoms with Crippen molar-refractivity contribution in [3.05, 3.63) is 190 Å². The summed E-state index contributed by atoms with van der Waals surface area (Å²) in [5, 5.41) is 28.5. The summed E-state index contributed by atoms with van der Waals surface area (Å²) in [6.45, 7) is 12.8. The molecule has 11 rings (SSSR count). The number of rotatable bonds is 6. The van der Waals surface area contributed by atoms with E-state index >= 15 is 0 Å². The number of aryl methyl sites for hydroxylation is 6. The Balaban J connectivity index is 1.08. The number of furan rings is 2. The predicted octanol–water partition coefficient (Wildman–Crippen LogP) is 16.3. The first kappa shape index (κ1) is 38.6. The van der Waals surface area contributed by atoms with Crippen molar-refractivity contribution in [1.29, 1.82) is 10.5 Å². The third-order valence-electron chi connectivity index (χ3n) is 12.6. The van der Waals surface area contributed by atoms with E-state index in [1.807, 2.05) is 12.1 Å². The summed E-state index contributed by atoms with van der Waals surface area (Å²) in [4.78, 5) is 4.60. The van der Waals surface area contributed by atoms with Gasteiger partial charge in [-0.3, -0.25) is 0 Å². The third-order valence-corrected chi connectivity index (χ3v) is 12.6. The number of nitrogens with zero attached hydrogens (tertiary/aromatic N) is 4. The second-order valence-electron chi connectivity index (χ2n) is 17.3. The molecule has 0 bridgehead atoms. The zero-order chi connectivity index (χ0) is 44.0. The van der Waals surface area contributed by atoms with Crippen molar-refractivity contribution in [2.24, 2.45) is 0 Å². The Hall–Kier alpha value is -8.32. The molecule has 0 saturated carbocycles. The number of hydrogen-bond acceptors (Lipinski definition) is 6. The van der Waals surface area contributed by atoms with Gasteiger partial charge in [-0.2, -0.15) is 10.5 Å². The highest BCUT2D eigenvalue weighted by atomic mass is 16.3. The van der Waals surface area contributed by atoms with E-state index in [4.69, 9.17) is 8.83 Å². The molecule has 306 valence electrons. The first-order valence-electron chi connectivity index (χ1n) is 21.5. The number of nitriles is 2. The van der Waals surface area contributed by atoms with Crippen molar-refractivity contribution in [3.63, 3.8) is 0 Å². The largest absolute Gasteiger partial charge is 0.454 e. The number of hydrogen-bond donors (Lipinski definition) is 0. The van der Waals surface area contributed by atoms with Crippen LogP contribution in [0.15, 0.2) is 154 Å². The van der Waals surface area contributed by atoms with Crippen LogP contribution in [0.2, 0.25) is 0 Å². The minimum atomic E-state index is 0.270. The lowest BCUT2D eigenvalue weighted by atomic mass is 9.96. The van der Waals surface area contributed by atoms with E-state index in [1.165, 1.54) is 22.3 Å². The lowest BCUT2D eigenvalue weighted by molar-refractivity contribution is 0.654. The van der Waals surface area contributed by atoms with Crippen molar-refractivity contribution >= 4 is 99.5 Å². The average Bonchev–Trinajstić information content (AvgIpc) is 3.82. The molecule has 0 aliphatic rings. The molecule has 9 aromatic carbocycles. The van der Waals surface area contributed by atoms with Crippen LogP contribution in [0.5, 0.6) is 0 Å². The second kappa shape index (κ2) is 14.7. The van der Waals surface area contributed by atoms with E-state index in [9.17, 15) is 10.5 Å². The van der Waals surface area contributed by atoms with E-state index < -0.39 is 0 Å². The molecule has 0 N–H and O–H groups in total. The molecule has 0 unspecified atom stereocenters. The minimum Gasteiger partial charge on any atom is -0.454 e. The van der Waals surface area contributed by atoms with Gasteiger partial charge in [0.15, 0.2) is 11.2 Å². The number of para-hydroxylation sites is 2. The number of benzene rings is 9. The molecule has 0 aliphatic heterocycles. The SMILES string of the molecule is Cc1cc(C)cc(N(c2ccc3cc4c(cc3c2)oc2c(C#N)c3oc5cc6cc(N(c7cc(C)cc(C)c7)c7ccccc7C)ccc6cc5c3c(C#N)c24)c2ccccc2C)c1. The Morgan fingerprint density at radius 3 is 1.19 bits per heavy atom. The number of anilines is 6. The first-order valence-corrected chi connectivity index (χ1v) is 21.5. The van der Waals surface area contributed by atoms with Gasteiger partial charge in [0.1, 0.15) is 28.9 Å². The fourth-order valence-corrected chi connectivity index (χ4v) is 9.87. The van der Waals surface area contributed by atoms with Crippen LogP contribution in [0, 0.1) is 64.2 Å². The van der Waals surface area contributed by atoms with Crippen LogP contribution in [0.25, 0.3) is 65.4 Å². The summed E-state index contributed by atoms with van der Waals surface area (Å²) < 4.78 is 13.3. The molecular weight excluding hydrogens is 785 g/mol. The van der Waals surface area contributed by atoms with Crippen molar-refractivity contribution in [3.8, 4) is 12.1 Å². The minimum absolute atomic E-state index is 0.270. The van der Waals surface area contributed by atoms with Crippen LogP contribution in [0.4, 0.5) is 34.1 Å². The van der Waals surface area contributed by atoms with E-state index in [-0.39, 0.29) is 5.56 Å². The molecule has 0 aliphatic carbocycles. The van der Waals surface area contributed by atoms with Crippen molar-refractivity contribution in [2.45, 2.75) is 41.5 Å². The van der Waals surface area contributed by atoms with E-state index in [1.54, 1.807) is 0 Å². The third kappa shape index (κ3) is 6.15. The molecule has 11 aromatic rings. The predicted molar refractivity (Wildman–Crippen MR) is 263 cm³/mol. The molecule has 0 radical (unpaired) electrons. The Bertz CT molecular complexity index is 3580. The molecule has 6 nitrogen and oxygen atoms in total. The lowest BCUT2D eigenvalue weighted by Gasteiger charge is -2.28. The maximum atomic E-state index is 11.0. The van der Waals surface area contributed by atoms with Gasteiger partial charge < -0.3 is 18.6 Å². The summed E-state index contributed by atoms with van der Waals surface area (Å²) in [6.07, 6.45) is 0.